The van der Waals surface area contributed by atoms with Crippen molar-refractivity contribution in [1.29, 1.82) is 0 Å². The Morgan fingerprint density at radius 1 is 1.29 bits per heavy atom. The van der Waals surface area contributed by atoms with Crippen LogP contribution >= 0.6 is 0 Å². The fraction of sp³-hybridized carbons (Fsp3) is 0.357. The molecule has 2 N–H and O–H groups in total. The van der Waals surface area contributed by atoms with E-state index in [1.54, 1.807) is 18.7 Å². The average molecular weight is 230 g/mol. The molecule has 2 unspecified atom stereocenters. The van der Waals surface area contributed by atoms with E-state index in [1.165, 1.54) is 5.56 Å². The van der Waals surface area contributed by atoms with E-state index < -0.39 is 0 Å². The number of hydrogen-bond donors (Lipinski definition) is 1. The summed E-state index contributed by atoms with van der Waals surface area (Å²) in [7, 11) is 0. The highest BCUT2D eigenvalue weighted by atomic mass is 16.3. The Morgan fingerprint density at radius 3 is 2.65 bits per heavy atom. The first kappa shape index (κ1) is 11.9. The van der Waals surface area contributed by atoms with Gasteiger partial charge in [0.1, 0.15) is 5.76 Å². The highest BCUT2D eigenvalue weighted by molar-refractivity contribution is 5.27. The number of aryl methyl sites for hydroxylation is 1. The second-order valence-electron chi connectivity index (χ2n) is 4.25. The van der Waals surface area contributed by atoms with Crippen molar-refractivity contribution in [1.82, 2.24) is 4.98 Å². The molecule has 0 spiro atoms. The zero-order chi connectivity index (χ0) is 12.3. The summed E-state index contributed by atoms with van der Waals surface area (Å²) in [5, 5.41) is 0. The van der Waals surface area contributed by atoms with Gasteiger partial charge in [-0.2, -0.15) is 0 Å². The van der Waals surface area contributed by atoms with E-state index in [0.717, 1.165) is 17.7 Å². The first-order valence-electron chi connectivity index (χ1n) is 5.95. The van der Waals surface area contributed by atoms with Crippen LogP contribution in [-0.4, -0.2) is 4.98 Å². The molecule has 0 aliphatic carbocycles. The Balaban J connectivity index is 2.23. The van der Waals surface area contributed by atoms with Crippen molar-refractivity contribution in [2.24, 2.45) is 5.73 Å². The molecule has 90 valence electrons. The average Bonchev–Trinajstić information content (AvgIpc) is 2.86. The molecule has 2 atom stereocenters. The minimum absolute atomic E-state index is 0.0360. The number of aromatic nitrogens is 1. The third kappa shape index (κ3) is 2.39. The van der Waals surface area contributed by atoms with E-state index in [9.17, 15) is 0 Å². The molecule has 0 amide bonds. The van der Waals surface area contributed by atoms with Crippen LogP contribution in [0, 0.1) is 0 Å². The fourth-order valence-electron chi connectivity index (χ4n) is 2.08. The topological polar surface area (TPSA) is 52.0 Å². The summed E-state index contributed by atoms with van der Waals surface area (Å²) in [5.41, 5.74) is 8.62. The van der Waals surface area contributed by atoms with Gasteiger partial charge < -0.3 is 10.2 Å². The summed E-state index contributed by atoms with van der Waals surface area (Å²) in [4.78, 5) is 4.02. The van der Waals surface area contributed by atoms with E-state index in [0.29, 0.717) is 0 Å². The van der Waals surface area contributed by atoms with Crippen molar-refractivity contribution in [3.8, 4) is 0 Å². The molecule has 3 heteroatoms. The number of furan rings is 1. The summed E-state index contributed by atoms with van der Waals surface area (Å²) in [6, 6.07) is 5.96. The number of hydrogen-bond acceptors (Lipinski definition) is 3. The zero-order valence-electron chi connectivity index (χ0n) is 10.3. The Morgan fingerprint density at radius 2 is 2.00 bits per heavy atom. The van der Waals surface area contributed by atoms with E-state index in [-0.39, 0.29) is 12.0 Å². The fourth-order valence-corrected chi connectivity index (χ4v) is 2.08. The molecule has 0 saturated carbocycles. The monoisotopic (exact) mass is 230 g/mol. The number of nitrogens with two attached hydrogens (primary N) is 1. The van der Waals surface area contributed by atoms with Crippen molar-refractivity contribution in [3.63, 3.8) is 0 Å². The number of nitrogens with zero attached hydrogens (tertiary/aromatic N) is 1. The molecule has 0 bridgehead atoms. The molecule has 0 saturated heterocycles. The van der Waals surface area contributed by atoms with E-state index in [4.69, 9.17) is 10.2 Å². The number of pyridine rings is 1. The predicted molar refractivity (Wildman–Crippen MR) is 67.7 cm³/mol. The van der Waals surface area contributed by atoms with E-state index in [2.05, 4.69) is 18.8 Å². The van der Waals surface area contributed by atoms with Gasteiger partial charge >= 0.3 is 0 Å². The minimum Gasteiger partial charge on any atom is -0.469 e. The van der Waals surface area contributed by atoms with Crippen LogP contribution in [0.1, 0.15) is 42.7 Å². The van der Waals surface area contributed by atoms with Gasteiger partial charge in [-0.1, -0.05) is 13.8 Å². The van der Waals surface area contributed by atoms with E-state index >= 15 is 0 Å². The SMILES string of the molecule is CCc1occc1C(N)C(C)c1ccncc1. The summed E-state index contributed by atoms with van der Waals surface area (Å²) in [6.45, 7) is 4.21. The van der Waals surface area contributed by atoms with Gasteiger partial charge in [-0.3, -0.25) is 4.98 Å². The Labute approximate surface area is 102 Å². The van der Waals surface area contributed by atoms with Crippen LogP contribution in [0.15, 0.2) is 41.3 Å². The Kier molecular flexibility index (Phi) is 3.59. The van der Waals surface area contributed by atoms with Crippen LogP contribution < -0.4 is 5.73 Å². The van der Waals surface area contributed by atoms with Crippen molar-refractivity contribution in [3.05, 3.63) is 53.7 Å². The summed E-state index contributed by atoms with van der Waals surface area (Å²) < 4.78 is 5.43. The van der Waals surface area contributed by atoms with Gasteiger partial charge in [0.25, 0.3) is 0 Å². The Bertz CT molecular complexity index is 464. The van der Waals surface area contributed by atoms with Gasteiger partial charge in [-0.25, -0.2) is 0 Å². The first-order chi connectivity index (χ1) is 8.24. The first-order valence-corrected chi connectivity index (χ1v) is 5.95. The summed E-state index contributed by atoms with van der Waals surface area (Å²) >= 11 is 0. The lowest BCUT2D eigenvalue weighted by atomic mass is 9.89. The summed E-state index contributed by atoms with van der Waals surface area (Å²) in [5.74, 6) is 1.24. The molecule has 2 aromatic heterocycles. The van der Waals surface area contributed by atoms with Crippen LogP contribution in [0.25, 0.3) is 0 Å². The van der Waals surface area contributed by atoms with Crippen LogP contribution in [0.5, 0.6) is 0 Å². The van der Waals surface area contributed by atoms with Crippen LogP contribution in [0.3, 0.4) is 0 Å². The molecular weight excluding hydrogens is 212 g/mol. The van der Waals surface area contributed by atoms with Gasteiger partial charge in [0.2, 0.25) is 0 Å². The quantitative estimate of drug-likeness (QED) is 0.878. The number of rotatable bonds is 4. The molecule has 0 radical (unpaired) electrons. The molecule has 2 heterocycles. The van der Waals surface area contributed by atoms with Crippen molar-refractivity contribution in [2.45, 2.75) is 32.2 Å². The molecule has 0 aliphatic heterocycles. The second kappa shape index (κ2) is 5.15. The molecule has 0 fully saturated rings. The highest BCUT2D eigenvalue weighted by Crippen LogP contribution is 2.30. The smallest absolute Gasteiger partial charge is 0.108 e. The van der Waals surface area contributed by atoms with Gasteiger partial charge in [0.05, 0.1) is 6.26 Å². The van der Waals surface area contributed by atoms with Gasteiger partial charge in [0, 0.05) is 36.3 Å². The zero-order valence-corrected chi connectivity index (χ0v) is 10.3. The third-order valence-electron chi connectivity index (χ3n) is 3.23. The molecule has 0 aliphatic rings. The van der Waals surface area contributed by atoms with Crippen molar-refractivity contribution >= 4 is 0 Å². The standard InChI is InChI=1S/C14H18N2O/c1-3-13-12(6-9-17-13)14(15)10(2)11-4-7-16-8-5-11/h4-10,14H,3,15H2,1-2H3. The maximum absolute atomic E-state index is 6.31. The Hall–Kier alpha value is -1.61. The molecule has 3 nitrogen and oxygen atoms in total. The van der Waals surface area contributed by atoms with Crippen LogP contribution in [0.2, 0.25) is 0 Å². The minimum atomic E-state index is -0.0360. The third-order valence-corrected chi connectivity index (χ3v) is 3.23. The van der Waals surface area contributed by atoms with Gasteiger partial charge in [-0.15, -0.1) is 0 Å². The lowest BCUT2D eigenvalue weighted by molar-refractivity contribution is 0.497. The lowest BCUT2D eigenvalue weighted by Gasteiger charge is -2.20. The van der Waals surface area contributed by atoms with E-state index in [1.807, 2.05) is 18.2 Å². The molecule has 2 aromatic rings. The molecule has 0 aromatic carbocycles. The predicted octanol–water partition coefficient (Wildman–Crippen LogP) is 3.04. The second-order valence-corrected chi connectivity index (χ2v) is 4.25. The van der Waals surface area contributed by atoms with Gasteiger partial charge in [0.15, 0.2) is 0 Å². The maximum atomic E-state index is 6.31. The van der Waals surface area contributed by atoms with Crippen LogP contribution in [0.4, 0.5) is 0 Å². The van der Waals surface area contributed by atoms with Gasteiger partial charge in [-0.05, 0) is 23.8 Å². The molecular formula is C14H18N2O. The maximum Gasteiger partial charge on any atom is 0.108 e. The van der Waals surface area contributed by atoms with Crippen molar-refractivity contribution in [2.75, 3.05) is 0 Å². The lowest BCUT2D eigenvalue weighted by Crippen LogP contribution is -2.18. The molecule has 2 rings (SSSR count). The van der Waals surface area contributed by atoms with Crippen molar-refractivity contribution < 1.29 is 4.42 Å². The highest BCUT2D eigenvalue weighted by Gasteiger charge is 2.20. The largest absolute Gasteiger partial charge is 0.469 e. The van der Waals surface area contributed by atoms with Crippen LogP contribution in [-0.2, 0) is 6.42 Å². The summed E-state index contributed by atoms with van der Waals surface area (Å²) in [6.07, 6.45) is 6.19. The normalized spacial score (nSPS) is 14.5. The molecule has 17 heavy (non-hydrogen) atoms.